The molecule has 0 fully saturated rings. The van der Waals surface area contributed by atoms with Crippen molar-refractivity contribution in [3.63, 3.8) is 0 Å². The molecular weight excluding hydrogens is 364 g/mol. The number of hydrogen-bond donors (Lipinski definition) is 2. The summed E-state index contributed by atoms with van der Waals surface area (Å²) in [5, 5.41) is 11.0. The molecule has 0 spiro atoms. The Balaban J connectivity index is 1.84. The predicted octanol–water partition coefficient (Wildman–Crippen LogP) is 2.48. The molecule has 1 aliphatic rings. The first-order valence-electron chi connectivity index (χ1n) is 8.10. The maximum absolute atomic E-state index is 13.3. The number of aliphatic hydroxyl groups is 1. The zero-order valence-electron chi connectivity index (χ0n) is 14.1. The Morgan fingerprint density at radius 1 is 1.19 bits per heavy atom. The molecule has 26 heavy (non-hydrogen) atoms. The predicted molar refractivity (Wildman–Crippen MR) is 91.4 cm³/mol. The first kappa shape index (κ1) is 18.8. The van der Waals surface area contributed by atoms with Crippen molar-refractivity contribution in [2.75, 3.05) is 13.7 Å². The van der Waals surface area contributed by atoms with Crippen molar-refractivity contribution < 1.29 is 27.0 Å². The molecule has 0 saturated heterocycles. The van der Waals surface area contributed by atoms with Crippen molar-refractivity contribution in [2.45, 2.75) is 29.8 Å². The van der Waals surface area contributed by atoms with Gasteiger partial charge in [0, 0.05) is 6.54 Å². The summed E-state index contributed by atoms with van der Waals surface area (Å²) < 4.78 is 58.5. The summed E-state index contributed by atoms with van der Waals surface area (Å²) >= 11 is 0. The summed E-state index contributed by atoms with van der Waals surface area (Å²) in [7, 11) is -2.55. The third-order valence-electron chi connectivity index (χ3n) is 4.61. The van der Waals surface area contributed by atoms with Crippen LogP contribution in [-0.4, -0.2) is 27.2 Å². The molecule has 0 aromatic heterocycles. The Hall–Kier alpha value is -2.03. The number of hydrogen-bond acceptors (Lipinski definition) is 4. The zero-order chi connectivity index (χ0) is 18.9. The number of nitrogens with one attached hydrogen (secondary N) is 1. The largest absolute Gasteiger partial charge is 0.497 e. The SMILES string of the molecule is COc1ccc2c(c1)CCCC2(O)CNS(=O)(=O)c1ccc(F)c(F)c1. The summed E-state index contributed by atoms with van der Waals surface area (Å²) in [6, 6.07) is 7.59. The topological polar surface area (TPSA) is 75.6 Å². The van der Waals surface area contributed by atoms with Crippen molar-refractivity contribution in [3.05, 3.63) is 59.2 Å². The molecule has 0 amide bonds. The molecule has 1 aliphatic carbocycles. The van der Waals surface area contributed by atoms with Gasteiger partial charge in [-0.3, -0.25) is 0 Å². The fourth-order valence-corrected chi connectivity index (χ4v) is 4.29. The van der Waals surface area contributed by atoms with Gasteiger partial charge in [0.15, 0.2) is 11.6 Å². The smallest absolute Gasteiger partial charge is 0.240 e. The van der Waals surface area contributed by atoms with Gasteiger partial charge in [0.05, 0.1) is 12.0 Å². The molecule has 2 aromatic carbocycles. The molecule has 2 aromatic rings. The first-order valence-corrected chi connectivity index (χ1v) is 9.58. The van der Waals surface area contributed by atoms with Crippen LogP contribution in [0.15, 0.2) is 41.3 Å². The molecule has 1 unspecified atom stereocenters. The van der Waals surface area contributed by atoms with Crippen molar-refractivity contribution >= 4 is 10.0 Å². The minimum Gasteiger partial charge on any atom is -0.497 e. The minimum absolute atomic E-state index is 0.270. The quantitative estimate of drug-likeness (QED) is 0.832. The standard InChI is InChI=1S/C18H19F2NO4S/c1-25-13-4-6-15-12(9-13)3-2-8-18(15,22)11-21-26(23,24)14-5-7-16(19)17(20)10-14/h4-7,9-10,21-22H,2-3,8,11H2,1H3. The van der Waals surface area contributed by atoms with Gasteiger partial charge in [0.2, 0.25) is 10.0 Å². The Morgan fingerprint density at radius 3 is 2.65 bits per heavy atom. The number of ether oxygens (including phenoxy) is 1. The van der Waals surface area contributed by atoms with Crippen molar-refractivity contribution in [1.82, 2.24) is 4.72 Å². The summed E-state index contributed by atoms with van der Waals surface area (Å²) in [5.74, 6) is -1.71. The van der Waals surface area contributed by atoms with Crippen LogP contribution < -0.4 is 9.46 Å². The second-order valence-electron chi connectivity index (χ2n) is 6.31. The zero-order valence-corrected chi connectivity index (χ0v) is 14.9. The van der Waals surface area contributed by atoms with Crippen molar-refractivity contribution in [3.8, 4) is 5.75 Å². The second-order valence-corrected chi connectivity index (χ2v) is 8.08. The minimum atomic E-state index is -4.09. The lowest BCUT2D eigenvalue weighted by atomic mass is 9.79. The molecule has 0 radical (unpaired) electrons. The summed E-state index contributed by atoms with van der Waals surface area (Å²) in [6.45, 7) is -0.270. The average Bonchev–Trinajstić information content (AvgIpc) is 2.62. The Kier molecular flexibility index (Phi) is 5.01. The fourth-order valence-electron chi connectivity index (χ4n) is 3.19. The van der Waals surface area contributed by atoms with Crippen LogP contribution in [0.1, 0.15) is 24.0 Å². The lowest BCUT2D eigenvalue weighted by molar-refractivity contribution is 0.0242. The van der Waals surface area contributed by atoms with E-state index in [1.807, 2.05) is 6.07 Å². The van der Waals surface area contributed by atoms with E-state index in [9.17, 15) is 22.3 Å². The van der Waals surface area contributed by atoms with E-state index in [-0.39, 0.29) is 6.54 Å². The normalized spacial score (nSPS) is 19.8. The monoisotopic (exact) mass is 383 g/mol. The van der Waals surface area contributed by atoms with Gasteiger partial charge in [-0.1, -0.05) is 6.07 Å². The molecular formula is C18H19F2NO4S. The van der Waals surface area contributed by atoms with Crippen molar-refractivity contribution in [2.24, 2.45) is 0 Å². The van der Waals surface area contributed by atoms with Gasteiger partial charge in [-0.15, -0.1) is 0 Å². The average molecular weight is 383 g/mol. The van der Waals surface area contributed by atoms with Gasteiger partial charge >= 0.3 is 0 Å². The maximum atomic E-state index is 13.3. The van der Waals surface area contributed by atoms with E-state index in [2.05, 4.69) is 4.72 Å². The van der Waals surface area contributed by atoms with E-state index in [1.165, 1.54) is 0 Å². The van der Waals surface area contributed by atoms with Crippen molar-refractivity contribution in [1.29, 1.82) is 0 Å². The van der Waals surface area contributed by atoms with Gasteiger partial charge in [0.25, 0.3) is 0 Å². The highest BCUT2D eigenvalue weighted by atomic mass is 32.2. The van der Waals surface area contributed by atoms with Gasteiger partial charge in [-0.2, -0.15) is 0 Å². The molecule has 1 atom stereocenters. The highest BCUT2D eigenvalue weighted by molar-refractivity contribution is 7.89. The highest BCUT2D eigenvalue weighted by Crippen LogP contribution is 2.36. The van der Waals surface area contributed by atoms with E-state index >= 15 is 0 Å². The summed E-state index contributed by atoms with van der Waals surface area (Å²) in [5.41, 5.74) is 0.147. The van der Waals surface area contributed by atoms with Crippen LogP contribution in [0.3, 0.4) is 0 Å². The van der Waals surface area contributed by atoms with Gasteiger partial charge in [-0.25, -0.2) is 21.9 Å². The Labute approximate surface area is 150 Å². The molecule has 2 N–H and O–H groups in total. The van der Waals surface area contributed by atoms with Gasteiger partial charge in [0.1, 0.15) is 11.4 Å². The maximum Gasteiger partial charge on any atom is 0.240 e. The third-order valence-corrected chi connectivity index (χ3v) is 6.01. The van der Waals surface area contributed by atoms with E-state index in [1.54, 1.807) is 19.2 Å². The molecule has 0 aliphatic heterocycles. The summed E-state index contributed by atoms with van der Waals surface area (Å²) in [6.07, 6.45) is 1.82. The van der Waals surface area contributed by atoms with E-state index in [4.69, 9.17) is 4.74 Å². The number of sulfonamides is 1. The first-order chi connectivity index (χ1) is 12.2. The van der Waals surface area contributed by atoms with Crippen LogP contribution in [-0.2, 0) is 22.0 Å². The van der Waals surface area contributed by atoms with Crippen LogP contribution in [0, 0.1) is 11.6 Å². The van der Waals surface area contributed by atoms with Crippen LogP contribution in [0.5, 0.6) is 5.75 Å². The molecule has 3 rings (SSSR count). The molecule has 0 heterocycles. The molecule has 0 saturated carbocycles. The molecule has 8 heteroatoms. The van der Waals surface area contributed by atoms with Gasteiger partial charge < -0.3 is 9.84 Å². The number of fused-ring (bicyclic) bond motifs is 1. The van der Waals surface area contributed by atoms with E-state index in [0.29, 0.717) is 30.2 Å². The fraction of sp³-hybridized carbons (Fsp3) is 0.333. The lowest BCUT2D eigenvalue weighted by Crippen LogP contribution is -2.43. The number of aryl methyl sites for hydroxylation is 1. The number of rotatable bonds is 5. The Morgan fingerprint density at radius 2 is 1.96 bits per heavy atom. The van der Waals surface area contributed by atoms with E-state index < -0.39 is 32.2 Å². The Bertz CT molecular complexity index is 933. The second kappa shape index (κ2) is 6.94. The third kappa shape index (κ3) is 3.58. The highest BCUT2D eigenvalue weighted by Gasteiger charge is 2.35. The van der Waals surface area contributed by atoms with Gasteiger partial charge in [-0.05, 0) is 60.7 Å². The molecule has 0 bridgehead atoms. The van der Waals surface area contributed by atoms with Crippen LogP contribution >= 0.6 is 0 Å². The summed E-state index contributed by atoms with van der Waals surface area (Å²) in [4.78, 5) is -0.397. The number of benzene rings is 2. The van der Waals surface area contributed by atoms with E-state index in [0.717, 1.165) is 24.1 Å². The van der Waals surface area contributed by atoms with Crippen LogP contribution in [0.2, 0.25) is 0 Å². The lowest BCUT2D eigenvalue weighted by Gasteiger charge is -2.34. The number of halogens is 2. The van der Waals surface area contributed by atoms with Crippen LogP contribution in [0.4, 0.5) is 8.78 Å². The molecule has 5 nitrogen and oxygen atoms in total. The molecule has 140 valence electrons. The number of methoxy groups -OCH3 is 1. The van der Waals surface area contributed by atoms with Crippen LogP contribution in [0.25, 0.3) is 0 Å².